The molecule has 2 amide bonds. The molecule has 0 atom stereocenters. The highest BCUT2D eigenvalue weighted by molar-refractivity contribution is 7.09. The third kappa shape index (κ3) is 6.59. The summed E-state index contributed by atoms with van der Waals surface area (Å²) in [6.45, 7) is 4.40. The summed E-state index contributed by atoms with van der Waals surface area (Å²) in [6, 6.07) is 10.2. The Hall–Kier alpha value is -2.82. The van der Waals surface area contributed by atoms with E-state index in [0.29, 0.717) is 24.5 Å². The number of hydrogen-bond donors (Lipinski definition) is 2. The van der Waals surface area contributed by atoms with Gasteiger partial charge in [0, 0.05) is 68.3 Å². The Labute approximate surface area is 199 Å². The molecular formula is C22H23ClF2N6OS. The Bertz CT molecular complexity index is 1090. The zero-order valence-corrected chi connectivity index (χ0v) is 19.3. The molecule has 33 heavy (non-hydrogen) atoms. The number of halogens is 3. The first kappa shape index (κ1) is 23.3. The van der Waals surface area contributed by atoms with Crippen LogP contribution >= 0.6 is 23.1 Å². The van der Waals surface area contributed by atoms with E-state index in [0.717, 1.165) is 54.8 Å². The quantitative estimate of drug-likeness (QED) is 0.521. The summed E-state index contributed by atoms with van der Waals surface area (Å²) in [5, 5.41) is 6.71. The molecule has 4 rings (SSSR count). The molecule has 0 aliphatic carbocycles. The van der Waals surface area contributed by atoms with Crippen LogP contribution in [0.1, 0.15) is 11.4 Å². The molecule has 7 nitrogen and oxygen atoms in total. The van der Waals surface area contributed by atoms with Crippen molar-refractivity contribution in [3.05, 3.63) is 70.5 Å². The van der Waals surface area contributed by atoms with Gasteiger partial charge in [0.2, 0.25) is 5.13 Å². The summed E-state index contributed by atoms with van der Waals surface area (Å²) in [5.74, 6) is -0.703. The number of piperazine rings is 1. The van der Waals surface area contributed by atoms with Crippen LogP contribution in [-0.4, -0.2) is 59.6 Å². The maximum absolute atomic E-state index is 13.6. The van der Waals surface area contributed by atoms with Crippen LogP contribution in [0, 0.1) is 11.6 Å². The summed E-state index contributed by atoms with van der Waals surface area (Å²) >= 11 is 7.34. The van der Waals surface area contributed by atoms with Gasteiger partial charge in [-0.05, 0) is 29.8 Å². The molecule has 11 heteroatoms. The Morgan fingerprint density at radius 3 is 2.58 bits per heavy atom. The van der Waals surface area contributed by atoms with Gasteiger partial charge in [-0.15, -0.1) is 0 Å². The second-order valence-corrected chi connectivity index (χ2v) is 8.80. The lowest BCUT2D eigenvalue weighted by molar-refractivity contribution is 0.240. The van der Waals surface area contributed by atoms with Crippen LogP contribution in [0.3, 0.4) is 0 Å². The summed E-state index contributed by atoms with van der Waals surface area (Å²) in [4.78, 5) is 21.1. The summed E-state index contributed by atoms with van der Waals surface area (Å²) in [7, 11) is 0. The minimum absolute atomic E-state index is 0.0602. The zero-order chi connectivity index (χ0) is 23.2. The highest BCUT2D eigenvalue weighted by Gasteiger charge is 2.20. The first-order valence-electron chi connectivity index (χ1n) is 10.5. The van der Waals surface area contributed by atoms with E-state index in [4.69, 9.17) is 11.6 Å². The number of nitrogens with zero attached hydrogens (tertiary/aromatic N) is 4. The number of aromatic nitrogens is 2. The van der Waals surface area contributed by atoms with Crippen molar-refractivity contribution in [3.63, 3.8) is 0 Å². The van der Waals surface area contributed by atoms with Crippen molar-refractivity contribution in [3.8, 4) is 0 Å². The molecule has 0 bridgehead atoms. The molecule has 174 valence electrons. The van der Waals surface area contributed by atoms with Crippen LogP contribution in [-0.2, 0) is 6.42 Å². The lowest BCUT2D eigenvalue weighted by Gasteiger charge is -2.34. The molecule has 0 unspecified atom stereocenters. The van der Waals surface area contributed by atoms with Crippen molar-refractivity contribution in [1.82, 2.24) is 19.6 Å². The predicted octanol–water partition coefficient (Wildman–Crippen LogP) is 4.00. The third-order valence-corrected chi connectivity index (χ3v) is 6.34. The molecule has 1 aromatic heterocycles. The van der Waals surface area contributed by atoms with Crippen LogP contribution in [0.25, 0.3) is 0 Å². The van der Waals surface area contributed by atoms with Crippen molar-refractivity contribution in [2.75, 3.05) is 49.5 Å². The number of rotatable bonds is 7. The van der Waals surface area contributed by atoms with Crippen LogP contribution in [0.2, 0.25) is 5.02 Å². The van der Waals surface area contributed by atoms with Crippen molar-refractivity contribution in [1.29, 1.82) is 0 Å². The van der Waals surface area contributed by atoms with Gasteiger partial charge < -0.3 is 15.5 Å². The van der Waals surface area contributed by atoms with Crippen LogP contribution in [0.5, 0.6) is 0 Å². The van der Waals surface area contributed by atoms with Gasteiger partial charge in [-0.3, -0.25) is 4.90 Å². The fourth-order valence-corrected chi connectivity index (χ4v) is 4.34. The molecule has 1 fully saturated rings. The summed E-state index contributed by atoms with van der Waals surface area (Å²) < 4.78 is 31.0. The van der Waals surface area contributed by atoms with E-state index in [1.165, 1.54) is 17.6 Å². The molecule has 0 radical (unpaired) electrons. The molecule has 0 spiro atoms. The molecule has 1 aliphatic rings. The summed E-state index contributed by atoms with van der Waals surface area (Å²) in [5.41, 5.74) is 1.06. The number of amides is 2. The number of anilines is 2. The number of hydrogen-bond acceptors (Lipinski definition) is 6. The minimum atomic E-state index is -0.811. The van der Waals surface area contributed by atoms with E-state index in [2.05, 4.69) is 29.8 Å². The standard InChI is InChI=1S/C22H23ClF2N6OS/c23-16-3-1-15(2-4-16)13-20-28-22(33-29-20)31-11-9-30(10-12-31)8-7-26-21(32)27-19-6-5-17(24)14-18(19)25/h1-6,14H,7-13H2,(H2,26,27,32). The number of nitrogens with one attached hydrogen (secondary N) is 2. The first-order chi connectivity index (χ1) is 16.0. The van der Waals surface area contributed by atoms with Gasteiger partial charge in [0.15, 0.2) is 0 Å². The van der Waals surface area contributed by atoms with E-state index in [9.17, 15) is 13.6 Å². The fraction of sp³-hybridized carbons (Fsp3) is 0.318. The van der Waals surface area contributed by atoms with Crippen molar-refractivity contribution in [2.45, 2.75) is 6.42 Å². The molecule has 2 aromatic carbocycles. The predicted molar refractivity (Wildman–Crippen MR) is 126 cm³/mol. The number of carbonyl (C=O) groups excluding carboxylic acids is 1. The molecule has 0 saturated carbocycles. The average molecular weight is 493 g/mol. The maximum Gasteiger partial charge on any atom is 0.319 e. The summed E-state index contributed by atoms with van der Waals surface area (Å²) in [6.07, 6.45) is 0.670. The Morgan fingerprint density at radius 1 is 1.09 bits per heavy atom. The maximum atomic E-state index is 13.6. The van der Waals surface area contributed by atoms with Gasteiger partial charge in [-0.25, -0.2) is 18.6 Å². The smallest absolute Gasteiger partial charge is 0.319 e. The van der Waals surface area contributed by atoms with Crippen molar-refractivity contribution < 1.29 is 13.6 Å². The van der Waals surface area contributed by atoms with Gasteiger partial charge >= 0.3 is 6.03 Å². The Kier molecular flexibility index (Phi) is 7.69. The van der Waals surface area contributed by atoms with Gasteiger partial charge in [0.05, 0.1) is 5.69 Å². The monoisotopic (exact) mass is 492 g/mol. The lowest BCUT2D eigenvalue weighted by Crippen LogP contribution is -2.48. The SMILES string of the molecule is O=C(NCCN1CCN(c2nc(Cc3ccc(Cl)cc3)ns2)CC1)Nc1ccc(F)cc1F. The fourth-order valence-electron chi connectivity index (χ4n) is 3.48. The van der Waals surface area contributed by atoms with Gasteiger partial charge in [-0.2, -0.15) is 4.37 Å². The van der Waals surface area contributed by atoms with E-state index >= 15 is 0 Å². The number of benzene rings is 2. The largest absolute Gasteiger partial charge is 0.344 e. The van der Waals surface area contributed by atoms with Gasteiger partial charge in [0.1, 0.15) is 17.5 Å². The highest BCUT2D eigenvalue weighted by atomic mass is 35.5. The second kappa shape index (κ2) is 10.9. The second-order valence-electron chi connectivity index (χ2n) is 7.63. The average Bonchev–Trinajstić information content (AvgIpc) is 3.26. The van der Waals surface area contributed by atoms with Crippen LogP contribution in [0.4, 0.5) is 24.4 Å². The normalized spacial score (nSPS) is 14.3. The van der Waals surface area contributed by atoms with Crippen molar-refractivity contribution >= 4 is 40.0 Å². The Balaban J connectivity index is 1.17. The van der Waals surface area contributed by atoms with Gasteiger partial charge in [-0.1, -0.05) is 23.7 Å². The molecule has 2 N–H and O–H groups in total. The number of carbonyl (C=O) groups is 1. The highest BCUT2D eigenvalue weighted by Crippen LogP contribution is 2.21. The molecular weight excluding hydrogens is 470 g/mol. The minimum Gasteiger partial charge on any atom is -0.344 e. The van der Waals surface area contributed by atoms with Gasteiger partial charge in [0.25, 0.3) is 0 Å². The van der Waals surface area contributed by atoms with E-state index in [1.807, 2.05) is 24.3 Å². The van der Waals surface area contributed by atoms with Crippen LogP contribution < -0.4 is 15.5 Å². The Morgan fingerprint density at radius 2 is 1.85 bits per heavy atom. The van der Waals surface area contributed by atoms with E-state index in [1.54, 1.807) is 0 Å². The van der Waals surface area contributed by atoms with Crippen LogP contribution in [0.15, 0.2) is 42.5 Å². The van der Waals surface area contributed by atoms with E-state index < -0.39 is 17.7 Å². The van der Waals surface area contributed by atoms with E-state index in [-0.39, 0.29) is 5.69 Å². The first-order valence-corrected chi connectivity index (χ1v) is 11.7. The van der Waals surface area contributed by atoms with Crippen molar-refractivity contribution in [2.24, 2.45) is 0 Å². The molecule has 3 aromatic rings. The molecule has 1 saturated heterocycles. The molecule has 1 aliphatic heterocycles. The lowest BCUT2D eigenvalue weighted by atomic mass is 10.1. The number of urea groups is 1. The topological polar surface area (TPSA) is 73.4 Å². The molecule has 2 heterocycles. The zero-order valence-electron chi connectivity index (χ0n) is 17.7. The third-order valence-electron chi connectivity index (χ3n) is 5.27.